The third-order valence-corrected chi connectivity index (χ3v) is 9.39. The first kappa shape index (κ1) is 33.0. The van der Waals surface area contributed by atoms with Crippen molar-refractivity contribution in [2.75, 3.05) is 14.1 Å². The molecule has 10 nitrogen and oxygen atoms in total. The van der Waals surface area contributed by atoms with Crippen molar-refractivity contribution in [3.63, 3.8) is 0 Å². The number of hydrogen-bond donors (Lipinski definition) is 2. The van der Waals surface area contributed by atoms with Crippen LogP contribution in [-0.4, -0.2) is 48.5 Å². The maximum Gasteiger partial charge on any atom is 0.419 e. The Bertz CT molecular complexity index is 1800. The standard InChI is InChI=1S/C36H34N4O6S2/c1-37-31(21-29(33-39-17-19-47-33)43-27-15-7-11-23-9-3-5-13-25(23)27)45-35(41)36(42)46-32(38-2)22-30(34-40-18-20-48-34)44-28-16-8-12-24-10-4-6-14-26(24)28/h3-20,29-32,37-38H,21-22H2,1-2H3. The van der Waals surface area contributed by atoms with Crippen molar-refractivity contribution in [2.24, 2.45) is 0 Å². The lowest BCUT2D eigenvalue weighted by Crippen LogP contribution is -2.40. The van der Waals surface area contributed by atoms with E-state index in [1.54, 1.807) is 26.5 Å². The Hall–Kier alpha value is -4.88. The van der Waals surface area contributed by atoms with Gasteiger partial charge < -0.3 is 18.9 Å². The number of nitrogens with one attached hydrogen (secondary N) is 2. The molecule has 0 saturated carbocycles. The first-order chi connectivity index (χ1) is 23.5. The fraction of sp³-hybridized carbons (Fsp3) is 0.222. The molecule has 0 saturated heterocycles. The Morgan fingerprint density at radius 2 is 1.04 bits per heavy atom. The van der Waals surface area contributed by atoms with E-state index < -0.39 is 36.6 Å². The molecule has 0 aliphatic carbocycles. The maximum atomic E-state index is 13.1. The van der Waals surface area contributed by atoms with Crippen LogP contribution in [-0.2, 0) is 19.1 Å². The molecule has 6 rings (SSSR count). The topological polar surface area (TPSA) is 121 Å². The van der Waals surface area contributed by atoms with Gasteiger partial charge in [0.25, 0.3) is 0 Å². The number of ether oxygens (including phenoxy) is 4. The van der Waals surface area contributed by atoms with E-state index in [2.05, 4.69) is 20.6 Å². The van der Waals surface area contributed by atoms with Gasteiger partial charge in [-0.25, -0.2) is 19.6 Å². The second kappa shape index (κ2) is 15.8. The molecule has 2 aromatic heterocycles. The van der Waals surface area contributed by atoms with Crippen molar-refractivity contribution in [3.05, 3.63) is 118 Å². The fourth-order valence-corrected chi connectivity index (χ4v) is 6.64. The van der Waals surface area contributed by atoms with Crippen molar-refractivity contribution >= 4 is 56.2 Å². The molecular weight excluding hydrogens is 649 g/mol. The number of carbonyl (C=O) groups is 2. The summed E-state index contributed by atoms with van der Waals surface area (Å²) in [6, 6.07) is 27.5. The molecule has 4 aromatic carbocycles. The van der Waals surface area contributed by atoms with E-state index in [0.29, 0.717) is 21.5 Å². The van der Waals surface area contributed by atoms with Gasteiger partial charge >= 0.3 is 11.9 Å². The van der Waals surface area contributed by atoms with Gasteiger partial charge in [-0.1, -0.05) is 72.8 Å². The quantitative estimate of drug-likeness (QED) is 0.0721. The van der Waals surface area contributed by atoms with Gasteiger partial charge in [0.2, 0.25) is 0 Å². The lowest BCUT2D eigenvalue weighted by Gasteiger charge is -2.25. The summed E-state index contributed by atoms with van der Waals surface area (Å²) >= 11 is 2.86. The summed E-state index contributed by atoms with van der Waals surface area (Å²) in [6.45, 7) is 0. The predicted molar refractivity (Wildman–Crippen MR) is 186 cm³/mol. The van der Waals surface area contributed by atoms with Gasteiger partial charge in [0.1, 0.15) is 21.5 Å². The molecule has 48 heavy (non-hydrogen) atoms. The Labute approximate surface area is 285 Å². The van der Waals surface area contributed by atoms with Crippen molar-refractivity contribution in [1.82, 2.24) is 20.6 Å². The molecule has 4 unspecified atom stereocenters. The fourth-order valence-electron chi connectivity index (χ4n) is 5.28. The highest BCUT2D eigenvalue weighted by Gasteiger charge is 2.31. The third kappa shape index (κ3) is 7.97. The summed E-state index contributed by atoms with van der Waals surface area (Å²) in [5, 5.41) is 15.0. The molecule has 2 heterocycles. The molecule has 246 valence electrons. The number of carbonyl (C=O) groups excluding carboxylic acids is 2. The van der Waals surface area contributed by atoms with Gasteiger partial charge in [-0.05, 0) is 37.0 Å². The number of aromatic nitrogens is 2. The summed E-state index contributed by atoms with van der Waals surface area (Å²) < 4.78 is 24.1. The Kier molecular flexibility index (Phi) is 10.9. The molecule has 0 aliphatic rings. The van der Waals surface area contributed by atoms with Crippen LogP contribution in [0.1, 0.15) is 35.1 Å². The van der Waals surface area contributed by atoms with Crippen LogP contribution >= 0.6 is 22.7 Å². The lowest BCUT2D eigenvalue weighted by molar-refractivity contribution is -0.177. The van der Waals surface area contributed by atoms with Crippen LogP contribution in [0.4, 0.5) is 0 Å². The van der Waals surface area contributed by atoms with E-state index in [9.17, 15) is 9.59 Å². The second-order valence-corrected chi connectivity index (χ2v) is 12.6. The van der Waals surface area contributed by atoms with Gasteiger partial charge in [-0.3, -0.25) is 10.6 Å². The van der Waals surface area contributed by atoms with Crippen molar-refractivity contribution in [2.45, 2.75) is 37.5 Å². The van der Waals surface area contributed by atoms with E-state index in [1.165, 1.54) is 22.7 Å². The minimum absolute atomic E-state index is 0.187. The number of thiazole rings is 2. The SMILES string of the molecule is CNC(CC(Oc1cccc2ccccc12)c1nccs1)OC(=O)C(=O)OC(CC(Oc1cccc2ccccc12)c1nccs1)NC. The van der Waals surface area contributed by atoms with Crippen LogP contribution in [0.15, 0.2) is 108 Å². The van der Waals surface area contributed by atoms with Crippen LogP contribution in [0.25, 0.3) is 21.5 Å². The number of benzene rings is 4. The zero-order valence-corrected chi connectivity index (χ0v) is 27.9. The molecule has 0 spiro atoms. The highest BCUT2D eigenvalue weighted by Crippen LogP contribution is 2.34. The van der Waals surface area contributed by atoms with E-state index in [4.69, 9.17) is 18.9 Å². The lowest BCUT2D eigenvalue weighted by atomic mass is 10.1. The summed E-state index contributed by atoms with van der Waals surface area (Å²) in [7, 11) is 3.28. The summed E-state index contributed by atoms with van der Waals surface area (Å²) in [5.41, 5.74) is 0. The maximum absolute atomic E-state index is 13.1. The summed E-state index contributed by atoms with van der Waals surface area (Å²) in [6.07, 6.45) is 0.884. The Balaban J connectivity index is 1.12. The molecule has 4 atom stereocenters. The molecule has 0 bridgehead atoms. The first-order valence-corrected chi connectivity index (χ1v) is 17.1. The second-order valence-electron chi connectivity index (χ2n) is 10.7. The zero-order chi connectivity index (χ0) is 33.3. The zero-order valence-electron chi connectivity index (χ0n) is 26.3. The highest BCUT2D eigenvalue weighted by atomic mass is 32.1. The van der Waals surface area contributed by atoms with Gasteiger partial charge in [0.15, 0.2) is 24.7 Å². The normalized spacial score (nSPS) is 13.8. The highest BCUT2D eigenvalue weighted by molar-refractivity contribution is 7.09. The molecule has 0 fully saturated rings. The predicted octanol–water partition coefficient (Wildman–Crippen LogP) is 6.80. The molecule has 0 amide bonds. The number of fused-ring (bicyclic) bond motifs is 2. The average molecular weight is 683 g/mol. The number of hydrogen-bond acceptors (Lipinski definition) is 12. The largest absolute Gasteiger partial charge is 0.482 e. The number of rotatable bonds is 14. The summed E-state index contributed by atoms with van der Waals surface area (Å²) in [4.78, 5) is 35.0. The molecule has 2 N–H and O–H groups in total. The van der Waals surface area contributed by atoms with Crippen LogP contribution < -0.4 is 20.1 Å². The van der Waals surface area contributed by atoms with E-state index in [-0.39, 0.29) is 12.8 Å². The van der Waals surface area contributed by atoms with Crippen LogP contribution in [0, 0.1) is 0 Å². The van der Waals surface area contributed by atoms with Crippen molar-refractivity contribution in [1.29, 1.82) is 0 Å². The van der Waals surface area contributed by atoms with Gasteiger partial charge in [-0.15, -0.1) is 22.7 Å². The van der Waals surface area contributed by atoms with Gasteiger partial charge in [-0.2, -0.15) is 0 Å². The van der Waals surface area contributed by atoms with Crippen LogP contribution in [0.3, 0.4) is 0 Å². The molecule has 0 aliphatic heterocycles. The molecular formula is C36H34N4O6S2. The smallest absolute Gasteiger partial charge is 0.419 e. The minimum atomic E-state index is -1.14. The first-order valence-electron chi connectivity index (χ1n) is 15.4. The monoisotopic (exact) mass is 682 g/mol. The van der Waals surface area contributed by atoms with E-state index >= 15 is 0 Å². The molecule has 6 aromatic rings. The van der Waals surface area contributed by atoms with Crippen LogP contribution in [0.2, 0.25) is 0 Å². The van der Waals surface area contributed by atoms with Gasteiger partial charge in [0, 0.05) is 46.8 Å². The van der Waals surface area contributed by atoms with Crippen molar-refractivity contribution in [3.8, 4) is 11.5 Å². The Morgan fingerprint density at radius 3 is 1.44 bits per heavy atom. The molecule has 12 heteroatoms. The number of esters is 2. The van der Waals surface area contributed by atoms with Crippen molar-refractivity contribution < 1.29 is 28.5 Å². The van der Waals surface area contributed by atoms with Crippen LogP contribution in [0.5, 0.6) is 11.5 Å². The third-order valence-electron chi connectivity index (χ3n) is 7.66. The molecule has 0 radical (unpaired) electrons. The van der Waals surface area contributed by atoms with E-state index in [1.807, 2.05) is 95.7 Å². The Morgan fingerprint density at radius 1 is 0.625 bits per heavy atom. The van der Waals surface area contributed by atoms with E-state index in [0.717, 1.165) is 21.5 Å². The summed E-state index contributed by atoms with van der Waals surface area (Å²) in [5.74, 6) is -0.936. The minimum Gasteiger partial charge on any atom is -0.482 e. The number of nitrogens with zero attached hydrogens (tertiary/aromatic N) is 2. The average Bonchev–Trinajstić information content (AvgIpc) is 3.86. The van der Waals surface area contributed by atoms with Gasteiger partial charge in [0.05, 0.1) is 0 Å².